The Bertz CT molecular complexity index is 611. The molecule has 112 valence electrons. The molecule has 2 atom stereocenters. The Morgan fingerprint density at radius 1 is 1.62 bits per heavy atom. The molecular formula is C14H18N4O2S. The van der Waals surface area contributed by atoms with Gasteiger partial charge < -0.3 is 10.4 Å². The molecule has 2 N–H and O–H groups in total. The molecule has 2 aromatic heterocycles. The van der Waals surface area contributed by atoms with Crippen LogP contribution in [0.3, 0.4) is 0 Å². The predicted octanol–water partition coefficient (Wildman–Crippen LogP) is 1.38. The van der Waals surface area contributed by atoms with Crippen LogP contribution in [0.2, 0.25) is 0 Å². The number of carbonyl (C=O) groups is 1. The summed E-state index contributed by atoms with van der Waals surface area (Å²) in [7, 11) is 0. The molecule has 0 bridgehead atoms. The maximum absolute atomic E-state index is 11.3. The van der Waals surface area contributed by atoms with Gasteiger partial charge in [0.25, 0.3) is 0 Å². The van der Waals surface area contributed by atoms with Crippen LogP contribution in [0.1, 0.15) is 31.5 Å². The molecule has 21 heavy (non-hydrogen) atoms. The first-order valence-electron chi connectivity index (χ1n) is 7.05. The van der Waals surface area contributed by atoms with E-state index in [0.717, 1.165) is 17.8 Å². The Morgan fingerprint density at radius 2 is 2.48 bits per heavy atom. The quantitative estimate of drug-likeness (QED) is 0.894. The molecule has 0 aromatic carbocycles. The lowest BCUT2D eigenvalue weighted by molar-refractivity contribution is -0.122. The largest absolute Gasteiger partial charge is 0.391 e. The first kappa shape index (κ1) is 14.2. The van der Waals surface area contributed by atoms with Crippen LogP contribution in [-0.4, -0.2) is 38.4 Å². The lowest BCUT2D eigenvalue weighted by atomic mass is 9.98. The van der Waals surface area contributed by atoms with E-state index < -0.39 is 6.10 Å². The number of aromatic nitrogens is 3. The highest BCUT2D eigenvalue weighted by atomic mass is 32.1. The van der Waals surface area contributed by atoms with Crippen LogP contribution >= 0.6 is 11.3 Å². The van der Waals surface area contributed by atoms with Gasteiger partial charge in [-0.1, -0.05) is 0 Å². The summed E-state index contributed by atoms with van der Waals surface area (Å²) in [5.74, 6) is 1.77. The van der Waals surface area contributed by atoms with Crippen molar-refractivity contribution < 1.29 is 9.90 Å². The van der Waals surface area contributed by atoms with Crippen molar-refractivity contribution in [2.24, 2.45) is 0 Å². The van der Waals surface area contributed by atoms with Gasteiger partial charge in [0.15, 0.2) is 5.82 Å². The summed E-state index contributed by atoms with van der Waals surface area (Å²) in [4.78, 5) is 16.0. The number of hydrogen-bond donors (Lipinski definition) is 2. The zero-order valence-electron chi connectivity index (χ0n) is 11.8. The zero-order chi connectivity index (χ0) is 14.8. The van der Waals surface area contributed by atoms with Gasteiger partial charge in [-0.2, -0.15) is 16.4 Å². The average Bonchev–Trinajstić information content (AvgIpc) is 3.08. The Balaban J connectivity index is 1.91. The molecule has 7 heteroatoms. The van der Waals surface area contributed by atoms with E-state index in [2.05, 4.69) is 15.4 Å². The van der Waals surface area contributed by atoms with Gasteiger partial charge >= 0.3 is 0 Å². The van der Waals surface area contributed by atoms with Gasteiger partial charge in [-0.3, -0.25) is 4.79 Å². The molecule has 1 amide bonds. The fourth-order valence-electron chi connectivity index (χ4n) is 2.51. The van der Waals surface area contributed by atoms with Gasteiger partial charge in [0, 0.05) is 29.8 Å². The molecule has 1 fully saturated rings. The molecule has 3 heterocycles. The summed E-state index contributed by atoms with van der Waals surface area (Å²) >= 11 is 1.60. The molecule has 1 aliphatic rings. The average molecular weight is 306 g/mol. The fraction of sp³-hybridized carbons (Fsp3) is 0.500. The third kappa shape index (κ3) is 3.14. The van der Waals surface area contributed by atoms with Crippen molar-refractivity contribution in [3.8, 4) is 11.4 Å². The number of nitrogens with zero attached hydrogens (tertiary/aromatic N) is 3. The summed E-state index contributed by atoms with van der Waals surface area (Å²) in [5.41, 5.74) is 0.991. The molecular weight excluding hydrogens is 288 g/mol. The number of aliphatic hydroxyl groups is 1. The summed E-state index contributed by atoms with van der Waals surface area (Å²) in [6, 6.07) is 1.99. The highest BCUT2D eigenvalue weighted by Gasteiger charge is 2.26. The highest BCUT2D eigenvalue weighted by molar-refractivity contribution is 7.08. The Hall–Kier alpha value is -1.73. The summed E-state index contributed by atoms with van der Waals surface area (Å²) in [6.45, 7) is 2.73. The standard InChI is InChI=1S/C14H18N4O2S/c1-9(19)7-18-14(10-2-3-12(20)15-6-10)16-13(17-18)11-4-5-21-8-11/h4-5,8-10,19H,2-3,6-7H2,1H3,(H,15,20). The topological polar surface area (TPSA) is 80.0 Å². The second-order valence-electron chi connectivity index (χ2n) is 5.38. The number of rotatable bonds is 4. The first-order valence-corrected chi connectivity index (χ1v) is 8.00. The summed E-state index contributed by atoms with van der Waals surface area (Å²) in [6.07, 6.45) is 0.798. The van der Waals surface area contributed by atoms with Crippen molar-refractivity contribution in [1.82, 2.24) is 20.1 Å². The van der Waals surface area contributed by atoms with E-state index in [1.165, 1.54) is 0 Å². The molecule has 1 aliphatic heterocycles. The lowest BCUT2D eigenvalue weighted by Gasteiger charge is -2.22. The van der Waals surface area contributed by atoms with Crippen LogP contribution < -0.4 is 5.32 Å². The molecule has 0 radical (unpaired) electrons. The number of carbonyl (C=O) groups excluding carboxylic acids is 1. The fourth-order valence-corrected chi connectivity index (χ4v) is 3.14. The minimum atomic E-state index is -0.487. The lowest BCUT2D eigenvalue weighted by Crippen LogP contribution is -2.35. The Labute approximate surface area is 126 Å². The van der Waals surface area contributed by atoms with Crippen LogP contribution in [0.4, 0.5) is 0 Å². The molecule has 0 spiro atoms. The van der Waals surface area contributed by atoms with Crippen LogP contribution in [0.15, 0.2) is 16.8 Å². The van der Waals surface area contributed by atoms with Gasteiger partial charge in [0.05, 0.1) is 12.6 Å². The van der Waals surface area contributed by atoms with E-state index in [0.29, 0.717) is 25.3 Å². The van der Waals surface area contributed by atoms with Crippen molar-refractivity contribution in [2.45, 2.75) is 38.3 Å². The molecule has 2 unspecified atom stereocenters. The van der Waals surface area contributed by atoms with E-state index in [1.807, 2.05) is 16.8 Å². The second-order valence-corrected chi connectivity index (χ2v) is 6.16. The smallest absolute Gasteiger partial charge is 0.220 e. The van der Waals surface area contributed by atoms with Gasteiger partial charge in [0.1, 0.15) is 5.82 Å². The van der Waals surface area contributed by atoms with E-state index in [-0.39, 0.29) is 11.8 Å². The Kier molecular flexibility index (Phi) is 4.03. The minimum absolute atomic E-state index is 0.0888. The normalized spacial score (nSPS) is 20.3. The van der Waals surface area contributed by atoms with E-state index >= 15 is 0 Å². The predicted molar refractivity (Wildman–Crippen MR) is 80.0 cm³/mol. The molecule has 6 nitrogen and oxygen atoms in total. The van der Waals surface area contributed by atoms with Gasteiger partial charge in [-0.15, -0.1) is 0 Å². The molecule has 0 aliphatic carbocycles. The maximum Gasteiger partial charge on any atom is 0.220 e. The maximum atomic E-state index is 11.3. The number of aliphatic hydroxyl groups excluding tert-OH is 1. The van der Waals surface area contributed by atoms with Crippen molar-refractivity contribution in [1.29, 1.82) is 0 Å². The molecule has 0 saturated carbocycles. The first-order chi connectivity index (χ1) is 10.1. The SMILES string of the molecule is CC(O)Cn1nc(-c2ccsc2)nc1C1CCC(=O)NC1. The van der Waals surface area contributed by atoms with Crippen LogP contribution in [-0.2, 0) is 11.3 Å². The highest BCUT2D eigenvalue weighted by Crippen LogP contribution is 2.26. The summed E-state index contributed by atoms with van der Waals surface area (Å²) < 4.78 is 1.78. The van der Waals surface area contributed by atoms with Gasteiger partial charge in [-0.05, 0) is 24.8 Å². The van der Waals surface area contributed by atoms with Crippen LogP contribution in [0.5, 0.6) is 0 Å². The molecule has 3 rings (SSSR count). The van der Waals surface area contributed by atoms with E-state index in [4.69, 9.17) is 0 Å². The molecule has 2 aromatic rings. The van der Waals surface area contributed by atoms with Crippen molar-refractivity contribution in [2.75, 3.05) is 6.54 Å². The van der Waals surface area contributed by atoms with Crippen molar-refractivity contribution in [3.05, 3.63) is 22.7 Å². The van der Waals surface area contributed by atoms with Gasteiger partial charge in [-0.25, -0.2) is 9.67 Å². The number of thiophene rings is 1. The number of amides is 1. The van der Waals surface area contributed by atoms with Crippen LogP contribution in [0, 0.1) is 0 Å². The van der Waals surface area contributed by atoms with Gasteiger partial charge in [0.2, 0.25) is 5.91 Å². The minimum Gasteiger partial charge on any atom is -0.391 e. The monoisotopic (exact) mass is 306 g/mol. The number of nitrogens with one attached hydrogen (secondary N) is 1. The van der Waals surface area contributed by atoms with Crippen molar-refractivity contribution in [3.63, 3.8) is 0 Å². The number of hydrogen-bond acceptors (Lipinski definition) is 5. The van der Waals surface area contributed by atoms with Crippen molar-refractivity contribution >= 4 is 17.2 Å². The van der Waals surface area contributed by atoms with E-state index in [1.54, 1.807) is 22.9 Å². The third-order valence-corrected chi connectivity index (χ3v) is 4.23. The summed E-state index contributed by atoms with van der Waals surface area (Å²) in [5, 5.41) is 21.1. The van der Waals surface area contributed by atoms with E-state index in [9.17, 15) is 9.90 Å². The zero-order valence-corrected chi connectivity index (χ0v) is 12.6. The third-order valence-electron chi connectivity index (χ3n) is 3.55. The van der Waals surface area contributed by atoms with Crippen LogP contribution in [0.25, 0.3) is 11.4 Å². The second kappa shape index (κ2) is 5.95. The molecule has 1 saturated heterocycles. The number of piperidine rings is 1. The Morgan fingerprint density at radius 3 is 3.10 bits per heavy atom.